The molecule has 0 aliphatic heterocycles. The van der Waals surface area contributed by atoms with Crippen LogP contribution in [0.3, 0.4) is 0 Å². The van der Waals surface area contributed by atoms with Gasteiger partial charge in [0.25, 0.3) is 0 Å². The Bertz CT molecular complexity index is 153. The van der Waals surface area contributed by atoms with E-state index in [0.29, 0.717) is 0 Å². The molecule has 0 aromatic carbocycles. The molecule has 0 atom stereocenters. The standard InChI is InChI=1S/C2H10N3.H2O4S/c2*1-5(2,3)4/h3-4H2,1-2H3;(H2,1,2,3,4)/q+1;/p-1. The summed E-state index contributed by atoms with van der Waals surface area (Å²) in [6.07, 6.45) is 0. The summed E-state index contributed by atoms with van der Waals surface area (Å²) < 4.78 is 32.8. The Labute approximate surface area is 59.3 Å². The second-order valence-electron chi connectivity index (χ2n) is 2.06. The van der Waals surface area contributed by atoms with Crippen LogP contribution in [0.4, 0.5) is 0 Å². The average Bonchev–Trinajstić information content (AvgIpc) is 1.12. The molecule has 8 heteroatoms. The van der Waals surface area contributed by atoms with Crippen LogP contribution in [0.15, 0.2) is 0 Å². The van der Waals surface area contributed by atoms with E-state index in [0.717, 1.165) is 0 Å². The molecule has 0 saturated heterocycles. The van der Waals surface area contributed by atoms with Gasteiger partial charge < -0.3 is 4.55 Å². The summed E-state index contributed by atoms with van der Waals surface area (Å²) >= 11 is 0. The highest BCUT2D eigenvalue weighted by atomic mass is 32.3. The molecule has 0 amide bonds. The van der Waals surface area contributed by atoms with Gasteiger partial charge in [-0.3, -0.25) is 4.55 Å². The largest absolute Gasteiger partial charge is 0.726 e. The molecule has 5 N–H and O–H groups in total. The molecule has 7 nitrogen and oxygen atoms in total. The summed E-state index contributed by atoms with van der Waals surface area (Å²) in [6, 6.07) is 0. The average molecular weight is 173 g/mol. The Hall–Kier alpha value is -0.250. The summed E-state index contributed by atoms with van der Waals surface area (Å²) in [7, 11) is -1.56. The number of quaternary nitrogens is 1. The highest BCUT2D eigenvalue weighted by molar-refractivity contribution is 7.79. The number of rotatable bonds is 0. The lowest BCUT2D eigenvalue weighted by atomic mass is 11.1. The van der Waals surface area contributed by atoms with Crippen LogP contribution < -0.4 is 11.7 Å². The van der Waals surface area contributed by atoms with Gasteiger partial charge >= 0.3 is 0 Å². The minimum Gasteiger partial charge on any atom is -0.726 e. The fraction of sp³-hybridized carbons (Fsp3) is 1.00. The van der Waals surface area contributed by atoms with E-state index >= 15 is 0 Å². The second-order valence-corrected chi connectivity index (χ2v) is 2.91. The molecule has 0 spiro atoms. The van der Waals surface area contributed by atoms with E-state index in [1.165, 1.54) is 0 Å². The molecule has 0 unspecified atom stereocenters. The lowest BCUT2D eigenvalue weighted by molar-refractivity contribution is -0.914. The van der Waals surface area contributed by atoms with Gasteiger partial charge in [0.05, 0.1) is 0 Å². The third-order valence-electron chi connectivity index (χ3n) is 0. The third kappa shape index (κ3) is 5650. The van der Waals surface area contributed by atoms with Gasteiger partial charge in [0.1, 0.15) is 14.1 Å². The summed E-state index contributed by atoms with van der Waals surface area (Å²) in [6.45, 7) is 0. The minimum atomic E-state index is -4.92. The Kier molecular flexibility index (Phi) is 4.73. The van der Waals surface area contributed by atoms with Gasteiger partial charge in [0.15, 0.2) is 0 Å². The molecule has 0 rings (SSSR count). The van der Waals surface area contributed by atoms with Crippen molar-refractivity contribution in [3.05, 3.63) is 0 Å². The number of hydrogen-bond acceptors (Lipinski definition) is 5. The fourth-order valence-corrected chi connectivity index (χ4v) is 0. The first-order chi connectivity index (χ1) is 4.00. The first-order valence-electron chi connectivity index (χ1n) is 2.09. The molecule has 64 valence electrons. The zero-order chi connectivity index (χ0) is 9.00. The Balaban J connectivity index is 0. The molecule has 0 fully saturated rings. The summed E-state index contributed by atoms with van der Waals surface area (Å²) in [4.78, 5) is 0. The second kappa shape index (κ2) is 3.81. The molecule has 0 aliphatic carbocycles. The Morgan fingerprint density at radius 3 is 1.40 bits per heavy atom. The van der Waals surface area contributed by atoms with E-state index in [9.17, 15) is 0 Å². The molecule has 10 heavy (non-hydrogen) atoms. The van der Waals surface area contributed by atoms with Gasteiger partial charge in [0, 0.05) is 0 Å². The molecular weight excluding hydrogens is 162 g/mol. The molecule has 0 bridgehead atoms. The van der Waals surface area contributed by atoms with Crippen LogP contribution in [0.2, 0.25) is 0 Å². The van der Waals surface area contributed by atoms with E-state index in [-0.39, 0.29) is 4.70 Å². The number of nitrogens with zero attached hydrogens (tertiary/aromatic N) is 1. The maximum atomic E-state index is 8.63. The molecule has 0 heterocycles. The first-order valence-corrected chi connectivity index (χ1v) is 3.46. The lowest BCUT2D eigenvalue weighted by Crippen LogP contribution is -2.53. The van der Waals surface area contributed by atoms with Crippen LogP contribution in [0.1, 0.15) is 0 Å². The third-order valence-corrected chi connectivity index (χ3v) is 0. The number of nitrogens with two attached hydrogens (primary N) is 2. The van der Waals surface area contributed by atoms with Crippen molar-refractivity contribution in [1.29, 1.82) is 0 Å². The number of hydrogen-bond donors (Lipinski definition) is 3. The summed E-state index contributed by atoms with van der Waals surface area (Å²) in [5, 5.41) is 0. The van der Waals surface area contributed by atoms with Gasteiger partial charge in [-0.15, -0.1) is 0 Å². The zero-order valence-corrected chi connectivity index (χ0v) is 6.50. The quantitative estimate of drug-likeness (QED) is 0.125. The van der Waals surface area contributed by atoms with Crippen LogP contribution in [-0.4, -0.2) is 36.3 Å². The van der Waals surface area contributed by atoms with Gasteiger partial charge in [-0.05, 0) is 0 Å². The van der Waals surface area contributed by atoms with E-state index in [2.05, 4.69) is 0 Å². The Morgan fingerprint density at radius 2 is 1.40 bits per heavy atom. The molecular formula is C2H11N3O4S. The van der Waals surface area contributed by atoms with Crippen molar-refractivity contribution in [2.24, 2.45) is 11.7 Å². The molecule has 0 aromatic rings. The van der Waals surface area contributed by atoms with Crippen molar-refractivity contribution in [1.82, 2.24) is 0 Å². The van der Waals surface area contributed by atoms with Gasteiger partial charge in [-0.1, -0.05) is 0 Å². The smallest absolute Gasteiger partial charge is 0.215 e. The van der Waals surface area contributed by atoms with Crippen molar-refractivity contribution in [3.63, 3.8) is 0 Å². The first kappa shape index (κ1) is 12.4. The predicted octanol–water partition coefficient (Wildman–Crippen LogP) is -2.19. The van der Waals surface area contributed by atoms with Gasteiger partial charge in [-0.25, -0.2) is 8.42 Å². The molecule has 0 aromatic heterocycles. The molecule has 0 saturated carbocycles. The fourth-order valence-electron chi connectivity index (χ4n) is 0. The zero-order valence-electron chi connectivity index (χ0n) is 5.68. The van der Waals surface area contributed by atoms with Crippen molar-refractivity contribution < 1.29 is 22.2 Å². The highest BCUT2D eigenvalue weighted by Gasteiger charge is 1.90. The van der Waals surface area contributed by atoms with Crippen LogP contribution in [-0.2, 0) is 10.4 Å². The lowest BCUT2D eigenvalue weighted by Gasteiger charge is -2.11. The monoisotopic (exact) mass is 173 g/mol. The van der Waals surface area contributed by atoms with Crippen LogP contribution in [0.25, 0.3) is 0 Å². The molecule has 0 aliphatic rings. The van der Waals surface area contributed by atoms with E-state index in [1.807, 2.05) is 0 Å². The van der Waals surface area contributed by atoms with E-state index < -0.39 is 10.4 Å². The van der Waals surface area contributed by atoms with Crippen LogP contribution in [0, 0.1) is 0 Å². The minimum absolute atomic E-state index is 0. The van der Waals surface area contributed by atoms with Gasteiger partial charge in [-0.2, -0.15) is 16.4 Å². The maximum absolute atomic E-state index is 8.63. The van der Waals surface area contributed by atoms with E-state index in [1.54, 1.807) is 14.1 Å². The van der Waals surface area contributed by atoms with Crippen LogP contribution in [0.5, 0.6) is 0 Å². The topological polar surface area (TPSA) is 129 Å². The maximum Gasteiger partial charge on any atom is 0.215 e. The van der Waals surface area contributed by atoms with Crippen LogP contribution >= 0.6 is 0 Å². The molecule has 0 radical (unpaired) electrons. The van der Waals surface area contributed by atoms with Crippen molar-refractivity contribution >= 4 is 10.4 Å². The van der Waals surface area contributed by atoms with Crippen molar-refractivity contribution in [2.75, 3.05) is 14.1 Å². The van der Waals surface area contributed by atoms with Crippen molar-refractivity contribution in [2.45, 2.75) is 0 Å². The van der Waals surface area contributed by atoms with Gasteiger partial charge in [0.2, 0.25) is 10.4 Å². The van der Waals surface area contributed by atoms with Crippen molar-refractivity contribution in [3.8, 4) is 0 Å². The summed E-state index contributed by atoms with van der Waals surface area (Å²) in [5.41, 5.74) is 0. The SMILES string of the molecule is C[N+](C)(N)N.O=S(=O)([O-])O. The van der Waals surface area contributed by atoms with E-state index in [4.69, 9.17) is 29.2 Å². The summed E-state index contributed by atoms with van der Waals surface area (Å²) in [5.74, 6) is 10.1. The predicted molar refractivity (Wildman–Crippen MR) is 32.8 cm³/mol. The normalized spacial score (nSPS) is 11.8. The Morgan fingerprint density at radius 1 is 1.40 bits per heavy atom. The highest BCUT2D eigenvalue weighted by Crippen LogP contribution is 1.58.